The van der Waals surface area contributed by atoms with Crippen molar-refractivity contribution in [3.05, 3.63) is 70.8 Å². The number of benzene rings is 2. The number of hydrogen-bond acceptors (Lipinski definition) is 1. The second kappa shape index (κ2) is 4.88. The van der Waals surface area contributed by atoms with Crippen LogP contribution in [0.3, 0.4) is 0 Å². The number of fused-ring (bicyclic) bond motifs is 2. The highest BCUT2D eigenvalue weighted by atomic mass is 16.4. The van der Waals surface area contributed by atoms with E-state index in [4.69, 9.17) is 5.11 Å². The Hall–Kier alpha value is -2.09. The molecule has 1 aliphatic rings. The van der Waals surface area contributed by atoms with Gasteiger partial charge in [-0.25, -0.2) is 0 Å². The third-order valence-corrected chi connectivity index (χ3v) is 3.88. The van der Waals surface area contributed by atoms with Gasteiger partial charge in [-0.2, -0.15) is 0 Å². The zero-order chi connectivity index (χ0) is 13.2. The second-order valence-electron chi connectivity index (χ2n) is 5.14. The summed E-state index contributed by atoms with van der Waals surface area (Å²) in [6.07, 6.45) is 1.92. The van der Waals surface area contributed by atoms with Gasteiger partial charge in [-0.3, -0.25) is 4.79 Å². The first-order chi connectivity index (χ1) is 9.24. The average molecular weight is 252 g/mol. The molecule has 0 bridgehead atoms. The van der Waals surface area contributed by atoms with Gasteiger partial charge in [0.2, 0.25) is 0 Å². The average Bonchev–Trinajstić information content (AvgIpc) is 2.55. The molecule has 0 aromatic heterocycles. The van der Waals surface area contributed by atoms with Gasteiger partial charge in [-0.1, -0.05) is 48.5 Å². The van der Waals surface area contributed by atoms with Crippen molar-refractivity contribution >= 4 is 5.97 Å². The zero-order valence-corrected chi connectivity index (χ0v) is 10.7. The van der Waals surface area contributed by atoms with Gasteiger partial charge in [-0.15, -0.1) is 0 Å². The number of hydrogen-bond donors (Lipinski definition) is 1. The highest BCUT2D eigenvalue weighted by Gasteiger charge is 2.23. The summed E-state index contributed by atoms with van der Waals surface area (Å²) in [5.74, 6) is -0.642. The molecule has 0 spiro atoms. The lowest BCUT2D eigenvalue weighted by atomic mass is 9.89. The summed E-state index contributed by atoms with van der Waals surface area (Å²) in [5, 5.41) is 9.13. The van der Waals surface area contributed by atoms with E-state index in [1.807, 2.05) is 18.2 Å². The van der Waals surface area contributed by atoms with Crippen molar-refractivity contribution < 1.29 is 9.90 Å². The summed E-state index contributed by atoms with van der Waals surface area (Å²) in [5.41, 5.74) is 5.06. The van der Waals surface area contributed by atoms with Gasteiger partial charge in [0.25, 0.3) is 0 Å². The molecule has 0 amide bonds. The zero-order valence-electron chi connectivity index (χ0n) is 10.7. The van der Waals surface area contributed by atoms with Gasteiger partial charge in [0.15, 0.2) is 0 Å². The fourth-order valence-electron chi connectivity index (χ4n) is 3.00. The van der Waals surface area contributed by atoms with Crippen molar-refractivity contribution in [1.29, 1.82) is 0 Å². The lowest BCUT2D eigenvalue weighted by Crippen LogP contribution is -2.09. The molecule has 0 aliphatic heterocycles. The van der Waals surface area contributed by atoms with E-state index < -0.39 is 5.97 Å². The summed E-state index contributed by atoms with van der Waals surface area (Å²) >= 11 is 0. The molecule has 3 rings (SSSR count). The van der Waals surface area contributed by atoms with E-state index in [2.05, 4.69) is 30.3 Å². The van der Waals surface area contributed by atoms with Gasteiger partial charge in [0.05, 0.1) is 6.42 Å². The van der Waals surface area contributed by atoms with E-state index in [9.17, 15) is 4.79 Å². The Morgan fingerprint density at radius 1 is 1.00 bits per heavy atom. The van der Waals surface area contributed by atoms with E-state index in [-0.39, 0.29) is 12.3 Å². The SMILES string of the molecule is O=C(O)CC1Cc2ccccc2Cc2ccccc21. The van der Waals surface area contributed by atoms with Gasteiger partial charge >= 0.3 is 5.97 Å². The van der Waals surface area contributed by atoms with Crippen LogP contribution < -0.4 is 0 Å². The van der Waals surface area contributed by atoms with Crippen LogP contribution in [-0.2, 0) is 17.6 Å². The minimum Gasteiger partial charge on any atom is -0.481 e. The Morgan fingerprint density at radius 3 is 2.37 bits per heavy atom. The van der Waals surface area contributed by atoms with Crippen LogP contribution in [0.2, 0.25) is 0 Å². The molecule has 2 aromatic rings. The molecule has 0 radical (unpaired) electrons. The molecule has 0 saturated heterocycles. The first kappa shape index (κ1) is 12.0. The molecule has 2 nitrogen and oxygen atoms in total. The van der Waals surface area contributed by atoms with E-state index >= 15 is 0 Å². The van der Waals surface area contributed by atoms with Crippen molar-refractivity contribution in [1.82, 2.24) is 0 Å². The van der Waals surface area contributed by atoms with E-state index in [0.717, 1.165) is 12.8 Å². The molecule has 0 saturated carbocycles. The van der Waals surface area contributed by atoms with Crippen molar-refractivity contribution in [2.24, 2.45) is 0 Å². The number of rotatable bonds is 2. The van der Waals surface area contributed by atoms with Gasteiger partial charge in [-0.05, 0) is 41.0 Å². The van der Waals surface area contributed by atoms with Crippen LogP contribution in [0.5, 0.6) is 0 Å². The van der Waals surface area contributed by atoms with Crippen molar-refractivity contribution in [2.45, 2.75) is 25.2 Å². The smallest absolute Gasteiger partial charge is 0.303 e. The monoisotopic (exact) mass is 252 g/mol. The predicted molar refractivity (Wildman–Crippen MR) is 74.4 cm³/mol. The topological polar surface area (TPSA) is 37.3 Å². The third-order valence-electron chi connectivity index (χ3n) is 3.88. The minimum atomic E-state index is -0.723. The maximum Gasteiger partial charge on any atom is 0.303 e. The number of carbonyl (C=O) groups is 1. The van der Waals surface area contributed by atoms with Crippen LogP contribution in [0, 0.1) is 0 Å². The van der Waals surface area contributed by atoms with Crippen molar-refractivity contribution in [2.75, 3.05) is 0 Å². The number of carboxylic acid groups (broad SMARTS) is 1. The molecule has 1 atom stereocenters. The van der Waals surface area contributed by atoms with Gasteiger partial charge < -0.3 is 5.11 Å². The second-order valence-corrected chi connectivity index (χ2v) is 5.14. The molecular formula is C17H16O2. The lowest BCUT2D eigenvalue weighted by Gasteiger charge is -2.15. The third kappa shape index (κ3) is 2.39. The normalized spacial score (nSPS) is 17.2. The van der Waals surface area contributed by atoms with E-state index in [0.29, 0.717) is 0 Å². The summed E-state index contributed by atoms with van der Waals surface area (Å²) < 4.78 is 0. The molecule has 1 unspecified atom stereocenters. The Kier molecular flexibility index (Phi) is 3.08. The van der Waals surface area contributed by atoms with Crippen LogP contribution >= 0.6 is 0 Å². The first-order valence-electron chi connectivity index (χ1n) is 6.60. The Balaban J connectivity index is 2.08. The maximum atomic E-state index is 11.1. The van der Waals surface area contributed by atoms with Crippen LogP contribution in [0.1, 0.15) is 34.6 Å². The highest BCUT2D eigenvalue weighted by Crippen LogP contribution is 2.33. The Labute approximate surface area is 112 Å². The molecule has 2 aromatic carbocycles. The van der Waals surface area contributed by atoms with Crippen LogP contribution in [0.15, 0.2) is 48.5 Å². The van der Waals surface area contributed by atoms with Crippen LogP contribution in [0.4, 0.5) is 0 Å². The molecule has 2 heteroatoms. The standard InChI is InChI=1S/C17H16O2/c18-17(19)11-15-10-13-6-2-1-5-12(13)9-14-7-3-4-8-16(14)15/h1-8,15H,9-11H2,(H,18,19). The van der Waals surface area contributed by atoms with Crippen molar-refractivity contribution in [3.63, 3.8) is 0 Å². The summed E-state index contributed by atoms with van der Waals surface area (Å²) in [7, 11) is 0. The fourth-order valence-corrected chi connectivity index (χ4v) is 3.00. The Bertz CT molecular complexity index is 616. The molecule has 1 N–H and O–H groups in total. The summed E-state index contributed by atoms with van der Waals surface area (Å²) in [6, 6.07) is 16.6. The molecule has 1 aliphatic carbocycles. The van der Waals surface area contributed by atoms with Gasteiger partial charge in [0, 0.05) is 0 Å². The highest BCUT2D eigenvalue weighted by molar-refractivity contribution is 5.68. The van der Waals surface area contributed by atoms with Crippen LogP contribution in [0.25, 0.3) is 0 Å². The minimum absolute atomic E-state index is 0.0809. The van der Waals surface area contributed by atoms with E-state index in [1.54, 1.807) is 0 Å². The predicted octanol–water partition coefficient (Wildman–Crippen LogP) is 3.39. The molecular weight excluding hydrogens is 236 g/mol. The first-order valence-corrected chi connectivity index (χ1v) is 6.60. The van der Waals surface area contributed by atoms with Crippen LogP contribution in [-0.4, -0.2) is 11.1 Å². The van der Waals surface area contributed by atoms with Crippen molar-refractivity contribution in [3.8, 4) is 0 Å². The fraction of sp³-hybridized carbons (Fsp3) is 0.235. The summed E-state index contributed by atoms with van der Waals surface area (Å²) in [4.78, 5) is 11.1. The van der Waals surface area contributed by atoms with E-state index in [1.165, 1.54) is 22.3 Å². The number of carboxylic acids is 1. The largest absolute Gasteiger partial charge is 0.481 e. The Morgan fingerprint density at radius 2 is 1.63 bits per heavy atom. The maximum absolute atomic E-state index is 11.1. The summed E-state index contributed by atoms with van der Waals surface area (Å²) in [6.45, 7) is 0. The molecule has 0 heterocycles. The lowest BCUT2D eigenvalue weighted by molar-refractivity contribution is -0.137. The number of aliphatic carboxylic acids is 1. The molecule has 0 fully saturated rings. The molecule has 19 heavy (non-hydrogen) atoms. The van der Waals surface area contributed by atoms with Gasteiger partial charge in [0.1, 0.15) is 0 Å². The molecule has 96 valence electrons. The quantitative estimate of drug-likeness (QED) is 0.889.